The molecule has 1 aromatic heterocycles. The van der Waals surface area contributed by atoms with Gasteiger partial charge in [0.25, 0.3) is 11.8 Å². The van der Waals surface area contributed by atoms with Gasteiger partial charge in [0.1, 0.15) is 6.10 Å². The molecule has 4 rings (SSSR count). The van der Waals surface area contributed by atoms with Crippen LogP contribution in [0.5, 0.6) is 5.75 Å². The Labute approximate surface area is 228 Å². The number of nitrogens with zero attached hydrogens (tertiary/aromatic N) is 3. The third-order valence-corrected chi connectivity index (χ3v) is 6.95. The highest BCUT2D eigenvalue weighted by molar-refractivity contribution is 6.30. The number of aliphatic hydroxyl groups is 1. The average molecular weight is 537 g/mol. The van der Waals surface area contributed by atoms with Crippen LogP contribution in [0.15, 0.2) is 67.0 Å². The van der Waals surface area contributed by atoms with E-state index in [1.54, 1.807) is 47.6 Å². The summed E-state index contributed by atoms with van der Waals surface area (Å²) in [5.74, 6) is -0.323. The number of ether oxygens (including phenoxy) is 1. The maximum atomic E-state index is 13.6. The quantitative estimate of drug-likeness (QED) is 0.445. The third-order valence-electron chi connectivity index (χ3n) is 6.72. The van der Waals surface area contributed by atoms with Crippen molar-refractivity contribution >= 4 is 29.1 Å². The van der Waals surface area contributed by atoms with Crippen molar-refractivity contribution in [2.75, 3.05) is 32.1 Å². The molecule has 0 aliphatic carbocycles. The number of carbonyl (C=O) groups excluding carboxylic acids is 2. The van der Waals surface area contributed by atoms with Gasteiger partial charge in [-0.25, -0.2) is 0 Å². The number of hydrogen-bond acceptors (Lipinski definition) is 6. The zero-order chi connectivity index (χ0) is 27.2. The molecule has 2 amide bonds. The Kier molecular flexibility index (Phi) is 8.99. The molecule has 38 heavy (non-hydrogen) atoms. The number of para-hydroxylation sites is 1. The van der Waals surface area contributed by atoms with E-state index in [1.807, 2.05) is 45.2 Å². The lowest BCUT2D eigenvalue weighted by molar-refractivity contribution is 0.0343. The van der Waals surface area contributed by atoms with Crippen LogP contribution in [0, 0.1) is 5.92 Å². The number of amides is 2. The van der Waals surface area contributed by atoms with Crippen LogP contribution in [0.3, 0.4) is 0 Å². The fourth-order valence-corrected chi connectivity index (χ4v) is 4.79. The summed E-state index contributed by atoms with van der Waals surface area (Å²) >= 11 is 6.18. The van der Waals surface area contributed by atoms with Crippen LogP contribution < -0.4 is 10.1 Å². The lowest BCUT2D eigenvalue weighted by Gasteiger charge is -2.38. The number of aromatic nitrogens is 1. The van der Waals surface area contributed by atoms with Gasteiger partial charge in [0.2, 0.25) is 0 Å². The number of pyridine rings is 1. The summed E-state index contributed by atoms with van der Waals surface area (Å²) in [6.45, 7) is 5.34. The van der Waals surface area contributed by atoms with Gasteiger partial charge >= 0.3 is 0 Å². The molecule has 1 aliphatic rings. The number of rotatable bonds is 8. The monoisotopic (exact) mass is 536 g/mol. The van der Waals surface area contributed by atoms with Gasteiger partial charge in [0, 0.05) is 48.5 Å². The van der Waals surface area contributed by atoms with Gasteiger partial charge in [-0.15, -0.1) is 0 Å². The fourth-order valence-electron chi connectivity index (χ4n) is 4.58. The Hall–Kier alpha value is -3.46. The summed E-state index contributed by atoms with van der Waals surface area (Å²) in [5, 5.41) is 13.5. The van der Waals surface area contributed by atoms with Gasteiger partial charge in [-0.05, 0) is 55.9 Å². The SMILES string of the molecule is C[C@H](CO)N1C[C@H](C)[C@@H](CN(C)Cc2cccc(Cl)c2)Oc2c(NC(=O)c3ccncc3)cccc2C1=O. The van der Waals surface area contributed by atoms with Crippen molar-refractivity contribution in [2.24, 2.45) is 5.92 Å². The first-order valence-electron chi connectivity index (χ1n) is 12.6. The van der Waals surface area contributed by atoms with Crippen molar-refractivity contribution in [3.63, 3.8) is 0 Å². The van der Waals surface area contributed by atoms with Crippen molar-refractivity contribution in [3.05, 3.63) is 88.7 Å². The summed E-state index contributed by atoms with van der Waals surface area (Å²) < 4.78 is 6.58. The molecular weight excluding hydrogens is 504 g/mol. The van der Waals surface area contributed by atoms with Crippen molar-refractivity contribution in [1.29, 1.82) is 0 Å². The van der Waals surface area contributed by atoms with E-state index in [0.717, 1.165) is 5.56 Å². The molecule has 0 unspecified atom stereocenters. The summed E-state index contributed by atoms with van der Waals surface area (Å²) in [6, 6.07) is 15.7. The van der Waals surface area contributed by atoms with Crippen molar-refractivity contribution in [1.82, 2.24) is 14.8 Å². The Bertz CT molecular complexity index is 1270. The van der Waals surface area contributed by atoms with E-state index in [-0.39, 0.29) is 36.5 Å². The van der Waals surface area contributed by atoms with E-state index in [4.69, 9.17) is 16.3 Å². The number of anilines is 1. The van der Waals surface area contributed by atoms with E-state index in [9.17, 15) is 14.7 Å². The highest BCUT2D eigenvalue weighted by Crippen LogP contribution is 2.35. The number of carbonyl (C=O) groups is 2. The average Bonchev–Trinajstić information content (AvgIpc) is 2.91. The second-order valence-electron chi connectivity index (χ2n) is 9.82. The molecule has 8 nitrogen and oxygen atoms in total. The molecule has 0 saturated heterocycles. The Morgan fingerprint density at radius 3 is 2.68 bits per heavy atom. The highest BCUT2D eigenvalue weighted by Gasteiger charge is 2.34. The maximum absolute atomic E-state index is 13.6. The molecule has 1 aliphatic heterocycles. The first kappa shape index (κ1) is 27.6. The number of nitrogens with one attached hydrogen (secondary N) is 1. The van der Waals surface area contributed by atoms with Gasteiger partial charge in [-0.3, -0.25) is 19.5 Å². The molecule has 0 fully saturated rings. The third kappa shape index (κ3) is 6.51. The van der Waals surface area contributed by atoms with Crippen LogP contribution in [0.2, 0.25) is 5.02 Å². The molecule has 3 atom stereocenters. The van der Waals surface area contributed by atoms with Gasteiger partial charge in [0.15, 0.2) is 5.75 Å². The number of hydrogen-bond donors (Lipinski definition) is 2. The molecule has 9 heteroatoms. The van der Waals surface area contributed by atoms with Gasteiger partial charge in [-0.1, -0.05) is 36.7 Å². The van der Waals surface area contributed by atoms with E-state index < -0.39 is 0 Å². The van der Waals surface area contributed by atoms with Crippen LogP contribution in [0.1, 0.15) is 40.1 Å². The lowest BCUT2D eigenvalue weighted by Crippen LogP contribution is -2.49. The minimum atomic E-state index is -0.379. The Morgan fingerprint density at radius 1 is 1.24 bits per heavy atom. The molecular formula is C29H33ClN4O4. The molecule has 3 aromatic rings. The first-order valence-corrected chi connectivity index (χ1v) is 13.0. The van der Waals surface area contributed by atoms with Crippen molar-refractivity contribution in [3.8, 4) is 5.75 Å². The predicted octanol–water partition coefficient (Wildman–Crippen LogP) is 4.34. The van der Waals surface area contributed by atoms with E-state index in [1.165, 1.54) is 0 Å². The zero-order valence-corrected chi connectivity index (χ0v) is 22.6. The standard InChI is InChI=1S/C29H33ClN4O4/c1-19-15-34(20(2)18-35)29(37)24-8-5-9-25(32-28(36)22-10-12-31-13-11-22)27(24)38-26(19)17-33(3)16-21-6-4-7-23(30)14-21/h4-14,19-20,26,35H,15-18H2,1-3H3,(H,32,36)/t19-,20+,26+/m0/s1. The molecule has 2 N–H and O–H groups in total. The van der Waals surface area contributed by atoms with E-state index in [0.29, 0.717) is 47.2 Å². The predicted molar refractivity (Wildman–Crippen MR) is 148 cm³/mol. The van der Waals surface area contributed by atoms with Crippen LogP contribution in [0.25, 0.3) is 0 Å². The van der Waals surface area contributed by atoms with Gasteiger partial charge in [-0.2, -0.15) is 0 Å². The minimum Gasteiger partial charge on any atom is -0.486 e. The fraction of sp³-hybridized carbons (Fsp3) is 0.345. The highest BCUT2D eigenvalue weighted by atomic mass is 35.5. The molecule has 200 valence electrons. The first-order chi connectivity index (χ1) is 18.3. The summed E-state index contributed by atoms with van der Waals surface area (Å²) in [7, 11) is 2.01. The topological polar surface area (TPSA) is 95.0 Å². The van der Waals surface area contributed by atoms with E-state index >= 15 is 0 Å². The molecule has 0 spiro atoms. The normalized spacial score (nSPS) is 18.3. The zero-order valence-electron chi connectivity index (χ0n) is 21.8. The van der Waals surface area contributed by atoms with Gasteiger partial charge in [0.05, 0.1) is 23.9 Å². The van der Waals surface area contributed by atoms with Crippen LogP contribution >= 0.6 is 11.6 Å². The number of aliphatic hydroxyl groups excluding tert-OH is 1. The number of fused-ring (bicyclic) bond motifs is 1. The molecule has 2 heterocycles. The van der Waals surface area contributed by atoms with Crippen LogP contribution in [-0.2, 0) is 6.54 Å². The second kappa shape index (κ2) is 12.4. The molecule has 0 radical (unpaired) electrons. The summed E-state index contributed by atoms with van der Waals surface area (Å²) in [4.78, 5) is 34.4. The lowest BCUT2D eigenvalue weighted by atomic mass is 9.98. The molecule has 2 aromatic carbocycles. The number of likely N-dealkylation sites (N-methyl/N-ethyl adjacent to an activating group) is 1. The van der Waals surface area contributed by atoms with E-state index in [2.05, 4.69) is 15.2 Å². The number of halogens is 1. The Morgan fingerprint density at radius 2 is 1.97 bits per heavy atom. The van der Waals surface area contributed by atoms with Crippen molar-refractivity contribution in [2.45, 2.75) is 32.5 Å². The van der Waals surface area contributed by atoms with Crippen molar-refractivity contribution < 1.29 is 19.4 Å². The minimum absolute atomic E-state index is 0.0631. The summed E-state index contributed by atoms with van der Waals surface area (Å²) in [6.07, 6.45) is 2.79. The Balaban J connectivity index is 1.67. The number of benzene rings is 2. The largest absolute Gasteiger partial charge is 0.486 e. The smallest absolute Gasteiger partial charge is 0.258 e. The van der Waals surface area contributed by atoms with Crippen LogP contribution in [-0.4, -0.2) is 70.6 Å². The molecule has 0 bridgehead atoms. The van der Waals surface area contributed by atoms with Gasteiger partial charge < -0.3 is 20.1 Å². The maximum Gasteiger partial charge on any atom is 0.258 e. The summed E-state index contributed by atoms with van der Waals surface area (Å²) in [5.41, 5.74) is 2.27. The second-order valence-corrected chi connectivity index (χ2v) is 10.3. The van der Waals surface area contributed by atoms with Crippen LogP contribution in [0.4, 0.5) is 5.69 Å². The molecule has 0 saturated carbocycles.